The number of hydrogen-bond donors (Lipinski definition) is 1. The van der Waals surface area contributed by atoms with Crippen LogP contribution in [0.5, 0.6) is 5.75 Å². The molecule has 1 aliphatic carbocycles. The summed E-state index contributed by atoms with van der Waals surface area (Å²) in [6.07, 6.45) is 3.80. The van der Waals surface area contributed by atoms with Crippen LogP contribution >= 0.6 is 0 Å². The molecule has 0 aliphatic heterocycles. The van der Waals surface area contributed by atoms with Crippen LogP contribution in [-0.2, 0) is 27.6 Å². The van der Waals surface area contributed by atoms with Crippen LogP contribution in [-0.4, -0.2) is 32.6 Å². The van der Waals surface area contributed by atoms with Crippen molar-refractivity contribution in [2.24, 2.45) is 5.14 Å². The van der Waals surface area contributed by atoms with Gasteiger partial charge in [-0.25, -0.2) is 18.4 Å². The molecule has 162 valence electrons. The average molecular weight is 441 g/mol. The summed E-state index contributed by atoms with van der Waals surface area (Å²) in [6.45, 7) is 2.20. The van der Waals surface area contributed by atoms with E-state index in [9.17, 15) is 13.2 Å². The Balaban J connectivity index is 1.47. The minimum absolute atomic E-state index is 0.0101. The van der Waals surface area contributed by atoms with E-state index in [0.717, 1.165) is 53.4 Å². The first-order valence-corrected chi connectivity index (χ1v) is 11.7. The Labute approximate surface area is 181 Å². The number of carbonyl (C=O) groups excluding carboxylic acids is 1. The Hall–Kier alpha value is -2.97. The quantitative estimate of drug-likeness (QED) is 0.465. The number of primary sulfonamides is 1. The Bertz CT molecular complexity index is 1240. The molecule has 1 heterocycles. The summed E-state index contributed by atoms with van der Waals surface area (Å²) >= 11 is 0. The van der Waals surface area contributed by atoms with Crippen LogP contribution < -0.4 is 9.88 Å². The van der Waals surface area contributed by atoms with Crippen molar-refractivity contribution in [1.82, 2.24) is 4.98 Å². The van der Waals surface area contributed by atoms with Gasteiger partial charge in [-0.1, -0.05) is 11.6 Å². The van der Waals surface area contributed by atoms with Gasteiger partial charge in [0.2, 0.25) is 10.0 Å². The molecule has 1 aliphatic rings. The van der Waals surface area contributed by atoms with E-state index >= 15 is 0 Å². The highest BCUT2D eigenvalue weighted by atomic mass is 32.2. The molecule has 0 amide bonds. The molecule has 2 aromatic carbocycles. The first-order chi connectivity index (χ1) is 14.8. The lowest BCUT2D eigenvalue weighted by molar-refractivity contribution is 0.0451. The zero-order valence-corrected chi connectivity index (χ0v) is 18.1. The van der Waals surface area contributed by atoms with Gasteiger partial charge in [0.05, 0.1) is 16.0 Å². The lowest BCUT2D eigenvalue weighted by Crippen LogP contribution is -2.18. The smallest absolute Gasteiger partial charge is 0.339 e. The van der Waals surface area contributed by atoms with Crippen molar-refractivity contribution < 1.29 is 22.7 Å². The molecular weight excluding hydrogens is 416 g/mol. The van der Waals surface area contributed by atoms with Gasteiger partial charge in [-0.3, -0.25) is 4.98 Å². The van der Waals surface area contributed by atoms with Gasteiger partial charge in [0, 0.05) is 11.1 Å². The number of benzene rings is 2. The highest BCUT2D eigenvalue weighted by Gasteiger charge is 2.23. The second-order valence-corrected chi connectivity index (χ2v) is 9.20. The third-order valence-corrected chi connectivity index (χ3v) is 6.29. The fourth-order valence-electron chi connectivity index (χ4n) is 3.86. The Morgan fingerprint density at radius 1 is 1.06 bits per heavy atom. The molecule has 7 nitrogen and oxygen atoms in total. The third-order valence-electron chi connectivity index (χ3n) is 5.36. The second-order valence-electron chi connectivity index (χ2n) is 7.64. The molecule has 2 N–H and O–H groups in total. The summed E-state index contributed by atoms with van der Waals surface area (Å²) in [6, 6.07) is 11.7. The van der Waals surface area contributed by atoms with E-state index < -0.39 is 10.0 Å². The van der Waals surface area contributed by atoms with E-state index in [1.165, 1.54) is 24.3 Å². The highest BCUT2D eigenvalue weighted by Crippen LogP contribution is 2.30. The van der Waals surface area contributed by atoms with Gasteiger partial charge < -0.3 is 9.47 Å². The van der Waals surface area contributed by atoms with Crippen molar-refractivity contribution in [2.45, 2.75) is 37.5 Å². The molecular formula is C23H24N2O5S. The Morgan fingerprint density at radius 3 is 2.55 bits per heavy atom. The molecule has 0 saturated carbocycles. The number of aromatic nitrogens is 1. The molecule has 8 heteroatoms. The number of fused-ring (bicyclic) bond motifs is 2. The monoisotopic (exact) mass is 440 g/mol. The first-order valence-electron chi connectivity index (χ1n) is 10.2. The van der Waals surface area contributed by atoms with Crippen LogP contribution in [0.15, 0.2) is 47.4 Å². The molecule has 0 atom stereocenters. The highest BCUT2D eigenvalue weighted by molar-refractivity contribution is 7.89. The molecule has 0 saturated heterocycles. The fraction of sp³-hybridized carbons (Fsp3) is 0.304. The molecule has 31 heavy (non-hydrogen) atoms. The Kier molecular flexibility index (Phi) is 5.93. The molecule has 0 radical (unpaired) electrons. The van der Waals surface area contributed by atoms with Gasteiger partial charge in [-0.2, -0.15) is 0 Å². The number of ether oxygens (including phenoxy) is 2. The van der Waals surface area contributed by atoms with E-state index in [1.54, 1.807) is 0 Å². The molecule has 0 spiro atoms. The zero-order valence-electron chi connectivity index (χ0n) is 17.3. The van der Waals surface area contributed by atoms with E-state index in [4.69, 9.17) is 19.6 Å². The fourth-order valence-corrected chi connectivity index (χ4v) is 4.38. The zero-order chi connectivity index (χ0) is 22.0. The molecule has 1 aromatic heterocycles. The van der Waals surface area contributed by atoms with E-state index in [0.29, 0.717) is 11.3 Å². The number of nitrogens with two attached hydrogens (primary N) is 1. The van der Waals surface area contributed by atoms with Crippen LogP contribution in [0, 0.1) is 6.92 Å². The van der Waals surface area contributed by atoms with Crippen molar-refractivity contribution in [3.8, 4) is 5.75 Å². The summed E-state index contributed by atoms with van der Waals surface area (Å²) < 4.78 is 33.7. The molecule has 0 unspecified atom stereocenters. The van der Waals surface area contributed by atoms with Gasteiger partial charge in [0.15, 0.2) is 0 Å². The second kappa shape index (κ2) is 8.64. The normalized spacial score (nSPS) is 13.6. The van der Waals surface area contributed by atoms with E-state index in [-0.39, 0.29) is 24.1 Å². The number of esters is 1. The third kappa shape index (κ3) is 4.70. The number of carbonyl (C=O) groups is 1. The molecule has 4 rings (SSSR count). The predicted molar refractivity (Wildman–Crippen MR) is 117 cm³/mol. The number of aryl methyl sites for hydroxylation is 2. The number of nitrogens with zero attached hydrogens (tertiary/aromatic N) is 1. The average Bonchev–Trinajstić information content (AvgIpc) is 2.74. The number of hydrogen-bond acceptors (Lipinski definition) is 6. The number of rotatable bonds is 6. The maximum absolute atomic E-state index is 13.0. The maximum Gasteiger partial charge on any atom is 0.339 e. The topological polar surface area (TPSA) is 109 Å². The van der Waals surface area contributed by atoms with Crippen LogP contribution in [0.4, 0.5) is 0 Å². The van der Waals surface area contributed by atoms with Crippen molar-refractivity contribution >= 4 is 26.9 Å². The largest absolute Gasteiger partial charge is 0.490 e. The summed E-state index contributed by atoms with van der Waals surface area (Å²) in [5.74, 6) is 0.0927. The maximum atomic E-state index is 13.0. The summed E-state index contributed by atoms with van der Waals surface area (Å²) in [5.41, 5.74) is 4.46. The van der Waals surface area contributed by atoms with Crippen LogP contribution in [0.3, 0.4) is 0 Å². The van der Waals surface area contributed by atoms with Gasteiger partial charge in [-0.15, -0.1) is 0 Å². The number of pyridine rings is 1. The summed E-state index contributed by atoms with van der Waals surface area (Å²) in [4.78, 5) is 17.8. The summed E-state index contributed by atoms with van der Waals surface area (Å²) in [5, 5.41) is 5.91. The van der Waals surface area contributed by atoms with Gasteiger partial charge in [0.1, 0.15) is 19.0 Å². The lowest BCUT2D eigenvalue weighted by atomic mass is 9.89. The molecule has 3 aromatic rings. The standard InChI is InChI=1S/C23H24N2O5S/c1-15-6-11-21-19(14-15)22(18-4-2-3-5-20(18)25-21)23(26)30-13-12-29-16-7-9-17(10-8-16)31(24,27)28/h6-11,14H,2-5,12-13H2,1H3,(H2,24,27,28). The van der Waals surface area contributed by atoms with Crippen molar-refractivity contribution in [1.29, 1.82) is 0 Å². The lowest BCUT2D eigenvalue weighted by Gasteiger charge is -2.20. The van der Waals surface area contributed by atoms with E-state index in [1.807, 2.05) is 25.1 Å². The summed E-state index contributed by atoms with van der Waals surface area (Å²) in [7, 11) is -3.75. The molecule has 0 fully saturated rings. The first kappa shape index (κ1) is 21.3. The minimum atomic E-state index is -3.75. The minimum Gasteiger partial charge on any atom is -0.490 e. The number of sulfonamides is 1. The van der Waals surface area contributed by atoms with Gasteiger partial charge in [-0.05, 0) is 74.6 Å². The molecule has 0 bridgehead atoms. The van der Waals surface area contributed by atoms with Crippen LogP contribution in [0.25, 0.3) is 10.9 Å². The predicted octanol–water partition coefficient (Wildman–Crippen LogP) is 3.31. The SMILES string of the molecule is Cc1ccc2nc3c(c(C(=O)OCCOc4ccc(S(N)(=O)=O)cc4)c2c1)CCCC3. The Morgan fingerprint density at radius 2 is 1.81 bits per heavy atom. The van der Waals surface area contributed by atoms with Crippen LogP contribution in [0.1, 0.15) is 40.0 Å². The van der Waals surface area contributed by atoms with Crippen molar-refractivity contribution in [3.63, 3.8) is 0 Å². The van der Waals surface area contributed by atoms with Crippen molar-refractivity contribution in [3.05, 3.63) is 64.8 Å². The van der Waals surface area contributed by atoms with Crippen molar-refractivity contribution in [2.75, 3.05) is 13.2 Å². The van der Waals surface area contributed by atoms with Gasteiger partial charge >= 0.3 is 5.97 Å². The van der Waals surface area contributed by atoms with E-state index in [2.05, 4.69) is 0 Å². The van der Waals surface area contributed by atoms with Gasteiger partial charge in [0.25, 0.3) is 0 Å². The van der Waals surface area contributed by atoms with Crippen LogP contribution in [0.2, 0.25) is 0 Å².